The largest absolute Gasteiger partial charge is 0.481 e. The molecular weight excluding hydrogens is 220 g/mol. The van der Waals surface area contributed by atoms with Crippen LogP contribution in [0.4, 0.5) is 0 Å². The van der Waals surface area contributed by atoms with E-state index >= 15 is 0 Å². The Balaban J connectivity index is 2.60. The van der Waals surface area contributed by atoms with Crippen LogP contribution in [0.3, 0.4) is 0 Å². The van der Waals surface area contributed by atoms with E-state index in [-0.39, 0.29) is 18.2 Å². The van der Waals surface area contributed by atoms with Gasteiger partial charge in [-0.05, 0) is 0 Å². The lowest BCUT2D eigenvalue weighted by Crippen LogP contribution is -2.23. The third kappa shape index (κ3) is 3.58. The molecule has 2 N–H and O–H groups in total. The van der Waals surface area contributed by atoms with Crippen molar-refractivity contribution in [1.29, 1.82) is 0 Å². The summed E-state index contributed by atoms with van der Waals surface area (Å²) in [7, 11) is 1.52. The van der Waals surface area contributed by atoms with Crippen LogP contribution in [-0.2, 0) is 16.1 Å². The van der Waals surface area contributed by atoms with Crippen LogP contribution in [-0.4, -0.2) is 44.5 Å². The van der Waals surface area contributed by atoms with Crippen LogP contribution in [0.25, 0.3) is 0 Å². The number of aromatic nitrogens is 3. The lowest BCUT2D eigenvalue weighted by Gasteiger charge is -2.03. The number of carboxylic acid groups (broad SMARTS) is 1. The van der Waals surface area contributed by atoms with E-state index in [9.17, 15) is 9.59 Å². The molecule has 0 saturated carbocycles. The Hall–Kier alpha value is -1.57. The fourth-order valence-electron chi connectivity index (χ4n) is 0.825. The fraction of sp³-hybridized carbons (Fsp3) is 0.429. The van der Waals surface area contributed by atoms with E-state index in [2.05, 4.69) is 15.5 Å². The van der Waals surface area contributed by atoms with Crippen LogP contribution in [0.15, 0.2) is 11.5 Å². The molecule has 7 nitrogen and oxygen atoms in total. The van der Waals surface area contributed by atoms with Gasteiger partial charge in [0.1, 0.15) is 12.9 Å². The van der Waals surface area contributed by atoms with Crippen molar-refractivity contribution in [3.8, 4) is 0 Å². The summed E-state index contributed by atoms with van der Waals surface area (Å²) in [5, 5.41) is 18.7. The normalized spacial score (nSPS) is 9.93. The fourth-order valence-corrected chi connectivity index (χ4v) is 1.46. The zero-order valence-electron chi connectivity index (χ0n) is 8.01. The van der Waals surface area contributed by atoms with E-state index in [1.807, 2.05) is 0 Å². The van der Waals surface area contributed by atoms with Gasteiger partial charge in [-0.2, -0.15) is 0 Å². The minimum absolute atomic E-state index is 0.0887. The smallest absolute Gasteiger partial charge is 0.313 e. The Labute approximate surface area is 89.9 Å². The first-order chi connectivity index (χ1) is 7.13. The van der Waals surface area contributed by atoms with E-state index in [0.29, 0.717) is 5.16 Å². The van der Waals surface area contributed by atoms with Crippen molar-refractivity contribution in [2.24, 2.45) is 0 Å². The number of likely N-dealkylation sites (N-methyl/N-ethyl adjacent to an activating group) is 1. The zero-order valence-corrected chi connectivity index (χ0v) is 8.82. The van der Waals surface area contributed by atoms with Crippen molar-refractivity contribution in [3.05, 3.63) is 6.33 Å². The van der Waals surface area contributed by atoms with Crippen molar-refractivity contribution >= 4 is 23.6 Å². The minimum Gasteiger partial charge on any atom is -0.481 e. The van der Waals surface area contributed by atoms with Crippen molar-refractivity contribution in [3.63, 3.8) is 0 Å². The maximum absolute atomic E-state index is 11.1. The molecule has 0 saturated heterocycles. The van der Waals surface area contributed by atoms with Gasteiger partial charge >= 0.3 is 5.97 Å². The highest BCUT2D eigenvalue weighted by molar-refractivity contribution is 7.99. The molecule has 1 amide bonds. The molecule has 0 aliphatic rings. The monoisotopic (exact) mass is 230 g/mol. The summed E-state index contributed by atoms with van der Waals surface area (Å²) < 4.78 is 1.49. The number of nitrogens with one attached hydrogen (secondary N) is 1. The zero-order chi connectivity index (χ0) is 11.3. The Kier molecular flexibility index (Phi) is 4.10. The number of carbonyl (C=O) groups is 2. The SMILES string of the molecule is CNC(=O)Cn1cnnc1SCC(=O)O. The summed E-state index contributed by atoms with van der Waals surface area (Å²) in [5.41, 5.74) is 0. The molecule has 0 unspecified atom stereocenters. The highest BCUT2D eigenvalue weighted by Gasteiger charge is 2.09. The van der Waals surface area contributed by atoms with E-state index in [1.54, 1.807) is 0 Å². The average Bonchev–Trinajstić information content (AvgIpc) is 2.62. The Morgan fingerprint density at radius 2 is 2.40 bits per heavy atom. The maximum atomic E-state index is 11.1. The lowest BCUT2D eigenvalue weighted by atomic mass is 10.6. The van der Waals surface area contributed by atoms with Crippen molar-refractivity contribution in [2.45, 2.75) is 11.7 Å². The number of aliphatic carboxylic acids is 1. The topological polar surface area (TPSA) is 97.1 Å². The molecule has 0 fully saturated rings. The summed E-state index contributed by atoms with van der Waals surface area (Å²) >= 11 is 1.02. The summed E-state index contributed by atoms with van der Waals surface area (Å²) in [5.74, 6) is -1.23. The molecule has 1 aromatic rings. The molecule has 0 aliphatic carbocycles. The van der Waals surface area contributed by atoms with Crippen LogP contribution in [0.5, 0.6) is 0 Å². The molecule has 15 heavy (non-hydrogen) atoms. The van der Waals surface area contributed by atoms with Gasteiger partial charge in [0.2, 0.25) is 5.91 Å². The van der Waals surface area contributed by atoms with E-state index in [4.69, 9.17) is 5.11 Å². The Morgan fingerprint density at radius 3 is 3.00 bits per heavy atom. The number of carbonyl (C=O) groups excluding carboxylic acids is 1. The Bertz CT molecular complexity index is 365. The van der Waals surface area contributed by atoms with Crippen LogP contribution in [0.2, 0.25) is 0 Å². The van der Waals surface area contributed by atoms with Crippen molar-refractivity contribution in [2.75, 3.05) is 12.8 Å². The first-order valence-electron chi connectivity index (χ1n) is 4.06. The number of nitrogens with zero attached hydrogens (tertiary/aromatic N) is 3. The predicted molar refractivity (Wildman–Crippen MR) is 52.4 cm³/mol. The van der Waals surface area contributed by atoms with Crippen LogP contribution in [0, 0.1) is 0 Å². The highest BCUT2D eigenvalue weighted by atomic mass is 32.2. The number of hydrogen-bond donors (Lipinski definition) is 2. The second-order valence-electron chi connectivity index (χ2n) is 2.60. The number of rotatable bonds is 5. The molecule has 8 heteroatoms. The summed E-state index contributed by atoms with van der Waals surface area (Å²) in [6.07, 6.45) is 1.39. The molecule has 0 spiro atoms. The number of carboxylic acids is 1. The van der Waals surface area contributed by atoms with Gasteiger partial charge in [-0.3, -0.25) is 14.2 Å². The van der Waals surface area contributed by atoms with Crippen LogP contribution in [0.1, 0.15) is 0 Å². The first-order valence-corrected chi connectivity index (χ1v) is 5.05. The molecule has 0 aromatic carbocycles. The quantitative estimate of drug-likeness (QED) is 0.643. The first kappa shape index (κ1) is 11.5. The molecule has 1 heterocycles. The highest BCUT2D eigenvalue weighted by Crippen LogP contribution is 2.13. The van der Waals surface area contributed by atoms with E-state index < -0.39 is 5.97 Å². The Morgan fingerprint density at radius 1 is 1.67 bits per heavy atom. The van der Waals surface area contributed by atoms with Gasteiger partial charge in [-0.1, -0.05) is 11.8 Å². The minimum atomic E-state index is -0.936. The number of hydrogen-bond acceptors (Lipinski definition) is 5. The predicted octanol–water partition coefficient (Wildman–Crippen LogP) is -0.799. The van der Waals surface area contributed by atoms with Gasteiger partial charge in [0.15, 0.2) is 5.16 Å². The molecule has 1 aromatic heterocycles. The van der Waals surface area contributed by atoms with Gasteiger partial charge in [0, 0.05) is 7.05 Å². The third-order valence-corrected chi connectivity index (χ3v) is 2.46. The molecule has 0 aliphatic heterocycles. The second-order valence-corrected chi connectivity index (χ2v) is 3.54. The molecular formula is C7H10N4O3S. The average molecular weight is 230 g/mol. The third-order valence-electron chi connectivity index (χ3n) is 1.50. The molecule has 0 atom stereocenters. The summed E-state index contributed by atoms with van der Waals surface area (Å²) in [6, 6.07) is 0. The molecule has 82 valence electrons. The molecule has 0 bridgehead atoms. The summed E-state index contributed by atoms with van der Waals surface area (Å²) in [6.45, 7) is 0.0887. The van der Waals surface area contributed by atoms with Gasteiger partial charge in [-0.15, -0.1) is 10.2 Å². The van der Waals surface area contributed by atoms with E-state index in [1.165, 1.54) is 17.9 Å². The van der Waals surface area contributed by atoms with Gasteiger partial charge in [0.25, 0.3) is 0 Å². The standard InChI is InChI=1S/C7H10N4O3S/c1-8-5(12)2-11-4-9-10-7(11)15-3-6(13)14/h4H,2-3H2,1H3,(H,8,12)(H,13,14). The molecule has 0 radical (unpaired) electrons. The van der Waals surface area contributed by atoms with Gasteiger partial charge in [0.05, 0.1) is 5.75 Å². The second kappa shape index (κ2) is 5.35. The van der Waals surface area contributed by atoms with Crippen molar-refractivity contribution in [1.82, 2.24) is 20.1 Å². The van der Waals surface area contributed by atoms with Crippen LogP contribution >= 0.6 is 11.8 Å². The van der Waals surface area contributed by atoms with E-state index in [0.717, 1.165) is 11.8 Å². The van der Waals surface area contributed by atoms with Crippen molar-refractivity contribution < 1.29 is 14.7 Å². The summed E-state index contributed by atoms with van der Waals surface area (Å²) in [4.78, 5) is 21.4. The number of thioether (sulfide) groups is 1. The molecule has 1 rings (SSSR count). The lowest BCUT2D eigenvalue weighted by molar-refractivity contribution is -0.133. The maximum Gasteiger partial charge on any atom is 0.313 e. The number of amides is 1. The van der Waals surface area contributed by atoms with Gasteiger partial charge < -0.3 is 10.4 Å². The van der Waals surface area contributed by atoms with Crippen LogP contribution < -0.4 is 5.32 Å². The van der Waals surface area contributed by atoms with Gasteiger partial charge in [-0.25, -0.2) is 0 Å².